The molecule has 0 atom stereocenters. The van der Waals surface area contributed by atoms with E-state index in [0.717, 1.165) is 12.3 Å². The molecule has 0 fully saturated rings. The summed E-state index contributed by atoms with van der Waals surface area (Å²) in [5, 5.41) is -0.447. The highest BCUT2D eigenvalue weighted by atomic mass is 35.7. The van der Waals surface area contributed by atoms with Gasteiger partial charge in [0.25, 0.3) is 9.05 Å². The molecule has 0 bridgehead atoms. The van der Waals surface area contributed by atoms with Crippen LogP contribution in [0.25, 0.3) is 0 Å². The van der Waals surface area contributed by atoms with Gasteiger partial charge in [-0.1, -0.05) is 29.8 Å². The van der Waals surface area contributed by atoms with E-state index < -0.39 is 20.0 Å². The van der Waals surface area contributed by atoms with E-state index in [4.69, 9.17) is 27.0 Å². The van der Waals surface area contributed by atoms with Crippen molar-refractivity contribution in [2.75, 3.05) is 0 Å². The maximum Gasteiger partial charge on any atom is 0.343 e. The van der Waals surface area contributed by atoms with Crippen LogP contribution in [0.1, 0.15) is 10.4 Å². The Morgan fingerprint density at radius 3 is 2.45 bits per heavy atom. The summed E-state index contributed by atoms with van der Waals surface area (Å²) in [5.41, 5.74) is 0.255. The quantitative estimate of drug-likeness (QED) is 0.638. The lowest BCUT2D eigenvalue weighted by atomic mass is 10.2. The zero-order valence-corrected chi connectivity index (χ0v) is 12.1. The second-order valence-electron chi connectivity index (χ2n) is 3.65. The fraction of sp³-hybridized carbons (Fsp3) is 0. The van der Waals surface area contributed by atoms with Gasteiger partial charge in [0.05, 0.1) is 10.6 Å². The summed E-state index contributed by atoms with van der Waals surface area (Å²) in [6.45, 7) is 0. The predicted octanol–water partition coefficient (Wildman–Crippen LogP) is 2.88. The van der Waals surface area contributed by atoms with Crippen LogP contribution in [0, 0.1) is 0 Å². The lowest BCUT2D eigenvalue weighted by molar-refractivity contribution is 0.0729. The molecule has 1 heterocycles. The minimum atomic E-state index is -4.15. The van der Waals surface area contributed by atoms with Gasteiger partial charge in [0.1, 0.15) is 0 Å². The number of rotatable bonds is 3. The highest BCUT2D eigenvalue weighted by Gasteiger charge is 2.22. The molecule has 0 N–H and O–H groups in total. The second-order valence-corrected chi connectivity index (χ2v) is 6.57. The van der Waals surface area contributed by atoms with Gasteiger partial charge in [0, 0.05) is 22.9 Å². The third-order valence-electron chi connectivity index (χ3n) is 2.23. The standard InChI is InChI=1S/C12H7Cl2NO4S/c13-9-6-10(11(15-7-9)20(14,17)18)19-12(16)8-4-2-1-3-5-8/h1-7H. The van der Waals surface area contributed by atoms with Gasteiger partial charge in [0.15, 0.2) is 5.75 Å². The lowest BCUT2D eigenvalue weighted by Gasteiger charge is -2.07. The van der Waals surface area contributed by atoms with E-state index in [-0.39, 0.29) is 16.3 Å². The predicted molar refractivity (Wildman–Crippen MR) is 73.7 cm³/mol. The number of nitrogens with zero attached hydrogens (tertiary/aromatic N) is 1. The summed E-state index contributed by atoms with van der Waals surface area (Å²) in [5.74, 6) is -1.06. The normalized spacial score (nSPS) is 11.1. The summed E-state index contributed by atoms with van der Waals surface area (Å²) >= 11 is 5.70. The zero-order valence-electron chi connectivity index (χ0n) is 9.79. The van der Waals surface area contributed by atoms with E-state index in [1.54, 1.807) is 18.2 Å². The number of halogens is 2. The summed E-state index contributed by atoms with van der Waals surface area (Å²) < 4.78 is 27.7. The number of carbonyl (C=O) groups is 1. The molecular formula is C12H7Cl2NO4S. The Hall–Kier alpha value is -1.63. The van der Waals surface area contributed by atoms with Crippen LogP contribution in [0.15, 0.2) is 47.6 Å². The first-order valence-electron chi connectivity index (χ1n) is 5.25. The molecule has 0 amide bonds. The van der Waals surface area contributed by atoms with Crippen LogP contribution in [-0.2, 0) is 9.05 Å². The van der Waals surface area contributed by atoms with Crippen molar-refractivity contribution >= 4 is 37.3 Å². The highest BCUT2D eigenvalue weighted by molar-refractivity contribution is 8.13. The van der Waals surface area contributed by atoms with Crippen LogP contribution in [0.2, 0.25) is 5.02 Å². The van der Waals surface area contributed by atoms with Crippen LogP contribution in [0.4, 0.5) is 0 Å². The molecule has 1 aromatic heterocycles. The van der Waals surface area contributed by atoms with Gasteiger partial charge in [-0.05, 0) is 12.1 Å². The van der Waals surface area contributed by atoms with Crippen molar-refractivity contribution in [1.82, 2.24) is 4.98 Å². The Morgan fingerprint density at radius 2 is 1.85 bits per heavy atom. The zero-order chi connectivity index (χ0) is 14.8. The number of pyridine rings is 1. The van der Waals surface area contributed by atoms with Crippen molar-refractivity contribution in [1.29, 1.82) is 0 Å². The van der Waals surface area contributed by atoms with Crippen molar-refractivity contribution < 1.29 is 17.9 Å². The number of aromatic nitrogens is 1. The molecule has 2 aromatic rings. The molecular weight excluding hydrogens is 325 g/mol. The maximum absolute atomic E-state index is 11.9. The van der Waals surface area contributed by atoms with Crippen LogP contribution >= 0.6 is 22.3 Å². The number of ether oxygens (including phenoxy) is 1. The van der Waals surface area contributed by atoms with Gasteiger partial charge in [-0.3, -0.25) is 0 Å². The monoisotopic (exact) mass is 331 g/mol. The summed E-state index contributed by atoms with van der Waals surface area (Å²) in [6.07, 6.45) is 1.09. The minimum absolute atomic E-state index is 0.116. The van der Waals surface area contributed by atoms with E-state index in [0.29, 0.717) is 0 Å². The van der Waals surface area contributed by atoms with Crippen molar-refractivity contribution in [2.24, 2.45) is 0 Å². The Balaban J connectivity index is 2.39. The first-order valence-corrected chi connectivity index (χ1v) is 7.94. The van der Waals surface area contributed by atoms with Crippen molar-refractivity contribution in [3.8, 4) is 5.75 Å². The van der Waals surface area contributed by atoms with Crippen LogP contribution in [0.5, 0.6) is 5.75 Å². The van der Waals surface area contributed by atoms with Crippen molar-refractivity contribution in [2.45, 2.75) is 5.03 Å². The molecule has 8 heteroatoms. The lowest BCUT2D eigenvalue weighted by Crippen LogP contribution is -2.11. The van der Waals surface area contributed by atoms with E-state index in [2.05, 4.69) is 4.98 Å². The largest absolute Gasteiger partial charge is 0.420 e. The molecule has 20 heavy (non-hydrogen) atoms. The average molecular weight is 332 g/mol. The summed E-state index contributed by atoms with van der Waals surface area (Å²) in [6, 6.07) is 9.22. The molecule has 0 radical (unpaired) electrons. The number of benzene rings is 1. The SMILES string of the molecule is O=C(Oc1cc(Cl)cnc1S(=O)(=O)Cl)c1ccccc1. The van der Waals surface area contributed by atoms with E-state index in [1.165, 1.54) is 12.1 Å². The Bertz CT molecular complexity index is 747. The third kappa shape index (κ3) is 3.47. The first-order chi connectivity index (χ1) is 9.38. The molecule has 0 saturated carbocycles. The average Bonchev–Trinajstić information content (AvgIpc) is 2.38. The van der Waals surface area contributed by atoms with Crippen molar-refractivity contribution in [3.63, 3.8) is 0 Å². The number of carbonyl (C=O) groups excluding carboxylic acids is 1. The smallest absolute Gasteiger partial charge is 0.343 e. The maximum atomic E-state index is 11.9. The van der Waals surface area contributed by atoms with E-state index >= 15 is 0 Å². The number of hydrogen-bond acceptors (Lipinski definition) is 5. The Kier molecular flexibility index (Phi) is 4.27. The van der Waals surface area contributed by atoms with Gasteiger partial charge in [-0.25, -0.2) is 18.2 Å². The Labute approximate surface area is 124 Å². The van der Waals surface area contributed by atoms with Crippen molar-refractivity contribution in [3.05, 3.63) is 53.2 Å². The van der Waals surface area contributed by atoms with Gasteiger partial charge >= 0.3 is 5.97 Å². The van der Waals surface area contributed by atoms with Gasteiger partial charge in [-0.2, -0.15) is 0 Å². The number of esters is 1. The van der Waals surface area contributed by atoms with E-state index in [9.17, 15) is 13.2 Å². The highest BCUT2D eigenvalue weighted by Crippen LogP contribution is 2.28. The molecule has 0 spiro atoms. The van der Waals surface area contributed by atoms with Gasteiger partial charge in [0.2, 0.25) is 5.03 Å². The van der Waals surface area contributed by atoms with Gasteiger partial charge < -0.3 is 4.74 Å². The molecule has 0 aliphatic carbocycles. The third-order valence-corrected chi connectivity index (χ3v) is 3.64. The van der Waals surface area contributed by atoms with Crippen LogP contribution in [-0.4, -0.2) is 19.4 Å². The first kappa shape index (κ1) is 14.8. The van der Waals surface area contributed by atoms with Crippen LogP contribution in [0.3, 0.4) is 0 Å². The minimum Gasteiger partial charge on any atom is -0.420 e. The molecule has 1 aromatic carbocycles. The second kappa shape index (κ2) is 5.78. The summed E-state index contributed by atoms with van der Waals surface area (Å²) in [7, 11) is 1.07. The molecule has 0 unspecified atom stereocenters. The fourth-order valence-corrected chi connectivity index (χ4v) is 2.41. The number of hydrogen-bond donors (Lipinski definition) is 0. The fourth-order valence-electron chi connectivity index (χ4n) is 1.40. The molecule has 104 valence electrons. The molecule has 0 aliphatic rings. The molecule has 2 rings (SSSR count). The molecule has 0 aliphatic heterocycles. The van der Waals surface area contributed by atoms with Crippen LogP contribution < -0.4 is 4.74 Å². The van der Waals surface area contributed by atoms with E-state index in [1.807, 2.05) is 0 Å². The molecule has 0 saturated heterocycles. The Morgan fingerprint density at radius 1 is 1.20 bits per heavy atom. The van der Waals surface area contributed by atoms with Gasteiger partial charge in [-0.15, -0.1) is 0 Å². The molecule has 5 nitrogen and oxygen atoms in total. The summed E-state index contributed by atoms with van der Waals surface area (Å²) in [4.78, 5) is 15.4. The topological polar surface area (TPSA) is 73.3 Å².